The maximum absolute atomic E-state index is 12.4. The first-order valence-corrected chi connectivity index (χ1v) is 7.02. The number of aryl methyl sites for hydroxylation is 1. The molecule has 4 nitrogen and oxygen atoms in total. The van der Waals surface area contributed by atoms with Crippen molar-refractivity contribution in [3.05, 3.63) is 18.0 Å². The van der Waals surface area contributed by atoms with E-state index in [0.29, 0.717) is 16.9 Å². The fourth-order valence-electron chi connectivity index (χ4n) is 3.12. The Morgan fingerprint density at radius 3 is 2.59 bits per heavy atom. The molecule has 2 fully saturated rings. The summed E-state index contributed by atoms with van der Waals surface area (Å²) in [5.74, 6) is 0.157. The maximum Gasteiger partial charge on any atom is 0.257 e. The van der Waals surface area contributed by atoms with Crippen LogP contribution < -0.4 is 0 Å². The van der Waals surface area contributed by atoms with Crippen LogP contribution in [0.5, 0.6) is 0 Å². The van der Waals surface area contributed by atoms with Gasteiger partial charge in [-0.3, -0.25) is 9.48 Å². The molecule has 0 aliphatic carbocycles. The number of hydrogen-bond acceptors (Lipinski definition) is 2. The zero-order valence-electron chi connectivity index (χ0n) is 9.84. The lowest BCUT2D eigenvalue weighted by Crippen LogP contribution is -2.46. The Hall–Kier alpha value is -0.840. The number of aromatic nitrogens is 2. The standard InChI is InChI=1S/C12H16BrN3O/c1-15-7-8(6-14-15)12(17)16-10-2-3-11(16)5-9(13)4-10/h6-7,9-11H,2-5H2,1H3. The van der Waals surface area contributed by atoms with Crippen LogP contribution in [-0.4, -0.2) is 37.5 Å². The minimum Gasteiger partial charge on any atom is -0.333 e. The summed E-state index contributed by atoms with van der Waals surface area (Å²) in [4.78, 5) is 15.1. The third kappa shape index (κ3) is 1.90. The second kappa shape index (κ2) is 4.12. The van der Waals surface area contributed by atoms with Gasteiger partial charge in [-0.25, -0.2) is 0 Å². The van der Waals surface area contributed by atoms with Crippen LogP contribution in [0.1, 0.15) is 36.0 Å². The summed E-state index contributed by atoms with van der Waals surface area (Å²) in [5, 5.41) is 4.08. The maximum atomic E-state index is 12.4. The fourth-order valence-corrected chi connectivity index (χ4v) is 3.99. The predicted molar refractivity (Wildman–Crippen MR) is 68.1 cm³/mol. The van der Waals surface area contributed by atoms with Gasteiger partial charge < -0.3 is 4.90 Å². The SMILES string of the molecule is Cn1cc(C(=O)N2C3CCC2CC(Br)C3)cn1. The highest BCUT2D eigenvalue weighted by Crippen LogP contribution is 2.39. The van der Waals surface area contributed by atoms with Gasteiger partial charge in [0.1, 0.15) is 0 Å². The molecule has 3 rings (SSSR count). The first-order chi connectivity index (χ1) is 8.15. The van der Waals surface area contributed by atoms with Crippen LogP contribution in [0.3, 0.4) is 0 Å². The largest absolute Gasteiger partial charge is 0.333 e. The molecule has 0 saturated carbocycles. The van der Waals surface area contributed by atoms with Gasteiger partial charge in [-0.1, -0.05) is 15.9 Å². The molecule has 1 amide bonds. The van der Waals surface area contributed by atoms with Crippen molar-refractivity contribution in [2.24, 2.45) is 7.05 Å². The number of amides is 1. The molecule has 5 heteroatoms. The first-order valence-electron chi connectivity index (χ1n) is 6.10. The molecular formula is C12H16BrN3O. The summed E-state index contributed by atoms with van der Waals surface area (Å²) in [6.45, 7) is 0. The zero-order chi connectivity index (χ0) is 12.0. The zero-order valence-corrected chi connectivity index (χ0v) is 11.4. The average molecular weight is 298 g/mol. The minimum absolute atomic E-state index is 0.157. The van der Waals surface area contributed by atoms with Crippen molar-refractivity contribution in [2.45, 2.75) is 42.6 Å². The lowest BCUT2D eigenvalue weighted by atomic mass is 10.0. The van der Waals surface area contributed by atoms with Gasteiger partial charge in [0.15, 0.2) is 0 Å². The fraction of sp³-hybridized carbons (Fsp3) is 0.667. The highest BCUT2D eigenvalue weighted by atomic mass is 79.9. The van der Waals surface area contributed by atoms with Gasteiger partial charge in [0.2, 0.25) is 0 Å². The topological polar surface area (TPSA) is 38.1 Å². The van der Waals surface area contributed by atoms with Gasteiger partial charge in [-0.2, -0.15) is 5.10 Å². The van der Waals surface area contributed by atoms with E-state index in [-0.39, 0.29) is 5.91 Å². The van der Waals surface area contributed by atoms with Crippen LogP contribution in [-0.2, 0) is 7.05 Å². The summed E-state index contributed by atoms with van der Waals surface area (Å²) in [5.41, 5.74) is 0.720. The lowest BCUT2D eigenvalue weighted by molar-refractivity contribution is 0.0603. The van der Waals surface area contributed by atoms with Crippen LogP contribution in [0.2, 0.25) is 0 Å². The molecule has 1 aromatic heterocycles. The van der Waals surface area contributed by atoms with Crippen molar-refractivity contribution in [2.75, 3.05) is 0 Å². The molecule has 17 heavy (non-hydrogen) atoms. The number of hydrogen-bond donors (Lipinski definition) is 0. The van der Waals surface area contributed by atoms with Gasteiger partial charge >= 0.3 is 0 Å². The number of carbonyl (C=O) groups is 1. The third-order valence-corrected chi connectivity index (χ3v) is 4.61. The number of carbonyl (C=O) groups excluding carboxylic acids is 1. The van der Waals surface area contributed by atoms with Gasteiger partial charge in [0.05, 0.1) is 11.8 Å². The molecule has 2 bridgehead atoms. The Balaban J connectivity index is 1.83. The first kappa shape index (κ1) is 11.3. The van der Waals surface area contributed by atoms with Crippen molar-refractivity contribution >= 4 is 21.8 Å². The van der Waals surface area contributed by atoms with E-state index in [1.54, 1.807) is 10.9 Å². The Kier molecular flexibility index (Phi) is 2.73. The summed E-state index contributed by atoms with van der Waals surface area (Å²) in [6, 6.07) is 0.844. The number of alkyl halides is 1. The highest BCUT2D eigenvalue weighted by Gasteiger charge is 2.42. The second-order valence-electron chi connectivity index (χ2n) is 5.07. The molecule has 92 valence electrons. The van der Waals surface area contributed by atoms with Gasteiger partial charge in [0, 0.05) is 30.2 Å². The molecule has 2 aliphatic heterocycles. The quantitative estimate of drug-likeness (QED) is 0.743. The molecule has 0 radical (unpaired) electrons. The smallest absolute Gasteiger partial charge is 0.257 e. The van der Waals surface area contributed by atoms with Gasteiger partial charge in [-0.15, -0.1) is 0 Å². The van der Waals surface area contributed by atoms with Crippen molar-refractivity contribution in [1.29, 1.82) is 0 Å². The van der Waals surface area contributed by atoms with Crippen LogP contribution in [0.25, 0.3) is 0 Å². The molecule has 2 aliphatic rings. The monoisotopic (exact) mass is 297 g/mol. The van der Waals surface area contributed by atoms with Crippen molar-refractivity contribution in [3.63, 3.8) is 0 Å². The van der Waals surface area contributed by atoms with Gasteiger partial charge in [0.25, 0.3) is 5.91 Å². The molecule has 3 heterocycles. The van der Waals surface area contributed by atoms with E-state index in [0.717, 1.165) is 31.2 Å². The van der Waals surface area contributed by atoms with E-state index in [2.05, 4.69) is 25.9 Å². The normalized spacial score (nSPS) is 31.9. The van der Waals surface area contributed by atoms with Crippen LogP contribution in [0, 0.1) is 0 Å². The molecule has 2 atom stereocenters. The summed E-state index contributed by atoms with van der Waals surface area (Å²) in [6.07, 6.45) is 7.95. The van der Waals surface area contributed by atoms with Crippen LogP contribution in [0.4, 0.5) is 0 Å². The molecule has 0 N–H and O–H groups in total. The number of piperidine rings is 1. The van der Waals surface area contributed by atoms with E-state index in [9.17, 15) is 4.79 Å². The molecule has 2 unspecified atom stereocenters. The second-order valence-corrected chi connectivity index (χ2v) is 6.36. The molecule has 0 spiro atoms. The summed E-state index contributed by atoms with van der Waals surface area (Å²) >= 11 is 3.69. The van der Waals surface area contributed by atoms with E-state index in [4.69, 9.17) is 0 Å². The molecule has 1 aromatic rings. The Morgan fingerprint density at radius 2 is 2.06 bits per heavy atom. The predicted octanol–water partition coefficient (Wildman–Crippen LogP) is 1.95. The van der Waals surface area contributed by atoms with Gasteiger partial charge in [-0.05, 0) is 25.7 Å². The summed E-state index contributed by atoms with van der Waals surface area (Å²) < 4.78 is 1.69. The molecule has 0 aromatic carbocycles. The van der Waals surface area contributed by atoms with Crippen molar-refractivity contribution < 1.29 is 4.79 Å². The number of halogens is 1. The van der Waals surface area contributed by atoms with E-state index in [1.807, 2.05) is 13.2 Å². The number of fused-ring (bicyclic) bond motifs is 2. The van der Waals surface area contributed by atoms with E-state index < -0.39 is 0 Å². The van der Waals surface area contributed by atoms with Crippen molar-refractivity contribution in [1.82, 2.24) is 14.7 Å². The molecule has 2 saturated heterocycles. The Morgan fingerprint density at radius 1 is 1.41 bits per heavy atom. The van der Waals surface area contributed by atoms with Crippen molar-refractivity contribution in [3.8, 4) is 0 Å². The average Bonchev–Trinajstić information content (AvgIpc) is 2.81. The Labute approximate surface area is 109 Å². The minimum atomic E-state index is 0.157. The lowest BCUT2D eigenvalue weighted by Gasteiger charge is -2.37. The van der Waals surface area contributed by atoms with E-state index in [1.165, 1.54) is 0 Å². The number of nitrogens with zero attached hydrogens (tertiary/aromatic N) is 3. The highest BCUT2D eigenvalue weighted by molar-refractivity contribution is 9.09. The molecular weight excluding hydrogens is 282 g/mol. The summed E-state index contributed by atoms with van der Waals surface area (Å²) in [7, 11) is 1.84. The number of rotatable bonds is 1. The van der Waals surface area contributed by atoms with E-state index >= 15 is 0 Å². The third-order valence-electron chi connectivity index (χ3n) is 3.86. The van der Waals surface area contributed by atoms with Crippen LogP contribution >= 0.6 is 15.9 Å². The van der Waals surface area contributed by atoms with Crippen LogP contribution in [0.15, 0.2) is 12.4 Å². The Bertz CT molecular complexity index is 431.